The van der Waals surface area contributed by atoms with E-state index in [2.05, 4.69) is 9.97 Å². The van der Waals surface area contributed by atoms with Crippen LogP contribution in [0.15, 0.2) is 41.6 Å². The maximum Gasteiger partial charge on any atom is 0.274 e. The van der Waals surface area contributed by atoms with Crippen molar-refractivity contribution in [1.82, 2.24) is 19.4 Å². The van der Waals surface area contributed by atoms with Gasteiger partial charge in [-0.3, -0.25) is 9.59 Å². The van der Waals surface area contributed by atoms with Crippen LogP contribution in [-0.4, -0.2) is 64.8 Å². The Morgan fingerprint density at radius 2 is 1.93 bits per heavy atom. The molecule has 208 valence electrons. The highest BCUT2D eigenvalue weighted by molar-refractivity contribution is 7.90. The highest BCUT2D eigenvalue weighted by Crippen LogP contribution is 2.47. The summed E-state index contributed by atoms with van der Waals surface area (Å²) in [5.74, 6) is -2.47. The molecule has 0 aliphatic carbocycles. The number of carbonyl (C=O) groups is 1. The molecule has 2 aliphatic rings. The van der Waals surface area contributed by atoms with Crippen molar-refractivity contribution >= 4 is 38.2 Å². The molecule has 0 unspecified atom stereocenters. The van der Waals surface area contributed by atoms with E-state index in [0.717, 1.165) is 12.5 Å². The summed E-state index contributed by atoms with van der Waals surface area (Å²) in [5.41, 5.74) is 2.40. The Morgan fingerprint density at radius 1 is 1.15 bits per heavy atom. The molecule has 0 bridgehead atoms. The van der Waals surface area contributed by atoms with Crippen LogP contribution in [0.5, 0.6) is 0 Å². The molecule has 0 saturated carbocycles. The third-order valence-corrected chi connectivity index (χ3v) is 9.15. The van der Waals surface area contributed by atoms with E-state index in [0.29, 0.717) is 39.3 Å². The lowest BCUT2D eigenvalue weighted by molar-refractivity contribution is 0.0727. The van der Waals surface area contributed by atoms with Crippen LogP contribution in [0.2, 0.25) is 0 Å². The smallest absolute Gasteiger partial charge is 0.274 e. The fourth-order valence-electron chi connectivity index (χ4n) is 5.79. The number of aliphatic hydroxyl groups excluding tert-OH is 1. The van der Waals surface area contributed by atoms with Gasteiger partial charge in [0, 0.05) is 66.9 Å². The van der Waals surface area contributed by atoms with Gasteiger partial charge in [-0.1, -0.05) is 0 Å². The normalized spacial score (nSPS) is 17.0. The number of carbonyl (C=O) groups excluding carboxylic acids is 1. The molecule has 3 aromatic heterocycles. The molecular formula is C27H25F2N5O5S. The van der Waals surface area contributed by atoms with Crippen LogP contribution in [0.1, 0.15) is 33.2 Å². The van der Waals surface area contributed by atoms with E-state index in [1.54, 1.807) is 25.5 Å². The monoisotopic (exact) mass is 569 g/mol. The Labute approximate surface area is 227 Å². The summed E-state index contributed by atoms with van der Waals surface area (Å²) in [5, 5.41) is 9.11. The first-order chi connectivity index (χ1) is 19.0. The lowest BCUT2D eigenvalue weighted by Gasteiger charge is -2.27. The molecule has 10 nitrogen and oxygen atoms in total. The Balaban J connectivity index is 1.73. The molecule has 6 rings (SSSR count). The van der Waals surface area contributed by atoms with Gasteiger partial charge in [0.2, 0.25) is 0 Å². The van der Waals surface area contributed by atoms with Gasteiger partial charge in [-0.25, -0.2) is 22.2 Å². The van der Waals surface area contributed by atoms with Crippen molar-refractivity contribution < 1.29 is 27.1 Å². The zero-order valence-electron chi connectivity index (χ0n) is 21.6. The molecular weight excluding hydrogens is 544 g/mol. The van der Waals surface area contributed by atoms with Gasteiger partial charge in [0.25, 0.3) is 11.5 Å². The number of aromatic amines is 1. The second-order valence-corrected chi connectivity index (χ2v) is 12.4. The number of benzene rings is 1. The van der Waals surface area contributed by atoms with E-state index >= 15 is 4.39 Å². The van der Waals surface area contributed by atoms with Crippen LogP contribution in [0.3, 0.4) is 0 Å². The average molecular weight is 570 g/mol. The Morgan fingerprint density at radius 3 is 2.62 bits per heavy atom. The van der Waals surface area contributed by atoms with Gasteiger partial charge in [0.05, 0.1) is 30.3 Å². The Bertz CT molecular complexity index is 1880. The molecule has 0 saturated heterocycles. The van der Waals surface area contributed by atoms with E-state index < -0.39 is 32.6 Å². The maximum absolute atomic E-state index is 15.2. The number of aromatic nitrogens is 3. The summed E-state index contributed by atoms with van der Waals surface area (Å²) < 4.78 is 56.4. The predicted octanol–water partition coefficient (Wildman–Crippen LogP) is 2.78. The number of fused-ring (bicyclic) bond motifs is 3. The van der Waals surface area contributed by atoms with Crippen molar-refractivity contribution in [2.24, 2.45) is 7.05 Å². The number of aryl methyl sites for hydroxylation is 1. The number of pyridine rings is 2. The maximum atomic E-state index is 15.2. The van der Waals surface area contributed by atoms with Gasteiger partial charge in [-0.15, -0.1) is 0 Å². The summed E-state index contributed by atoms with van der Waals surface area (Å²) >= 11 is 0. The first-order valence-corrected chi connectivity index (χ1v) is 14.5. The van der Waals surface area contributed by atoms with Crippen LogP contribution in [-0.2, 0) is 23.4 Å². The third kappa shape index (κ3) is 3.99. The van der Waals surface area contributed by atoms with E-state index in [1.807, 2.05) is 0 Å². The number of hydrogen-bond acceptors (Lipinski definition) is 7. The number of amides is 1. The number of anilines is 2. The molecule has 0 spiro atoms. The standard InChI is InChI=1S/C27H25F2N5O5S/c1-32-13-19-16-8-17-18(26(36)33(5-6-35)4-3-22(17)40(2,38)39)9-21(16)34(25-20(29)7-15(28)11-31-25)12-14-10-30-24(23(14)19)27(32)37/h7-11,13,22,30,35H,3-6,12H2,1-2H3/t22-/m1/s1. The van der Waals surface area contributed by atoms with Gasteiger partial charge in [0.15, 0.2) is 21.5 Å². The minimum absolute atomic E-state index is 0.0105. The molecule has 4 aromatic rings. The van der Waals surface area contributed by atoms with E-state index in [-0.39, 0.29) is 55.2 Å². The number of aliphatic hydroxyl groups is 1. The number of β-amino-alcohol motifs (C(OH)–C–C–N with tert-alkyl or cyclic N) is 1. The molecule has 1 amide bonds. The minimum atomic E-state index is -3.68. The zero-order valence-corrected chi connectivity index (χ0v) is 22.4. The summed E-state index contributed by atoms with van der Waals surface area (Å²) in [6.07, 6.45) is 5.37. The molecule has 2 N–H and O–H groups in total. The number of nitrogens with one attached hydrogen (secondary N) is 1. The number of rotatable bonds is 4. The number of sulfone groups is 1. The van der Waals surface area contributed by atoms with Crippen LogP contribution >= 0.6 is 0 Å². The van der Waals surface area contributed by atoms with Crippen LogP contribution < -0.4 is 10.5 Å². The van der Waals surface area contributed by atoms with E-state index in [1.165, 1.54) is 20.4 Å². The van der Waals surface area contributed by atoms with Crippen LogP contribution in [0.4, 0.5) is 20.3 Å². The molecule has 1 atom stereocenters. The molecule has 40 heavy (non-hydrogen) atoms. The van der Waals surface area contributed by atoms with Crippen LogP contribution in [0, 0.1) is 11.6 Å². The summed E-state index contributed by atoms with van der Waals surface area (Å²) in [6.45, 7) is -0.166. The van der Waals surface area contributed by atoms with Crippen LogP contribution in [0.25, 0.3) is 22.0 Å². The largest absolute Gasteiger partial charge is 0.395 e. The van der Waals surface area contributed by atoms with Crippen molar-refractivity contribution in [2.45, 2.75) is 18.2 Å². The van der Waals surface area contributed by atoms with E-state index in [4.69, 9.17) is 0 Å². The van der Waals surface area contributed by atoms with Crippen molar-refractivity contribution in [3.63, 3.8) is 0 Å². The summed E-state index contributed by atoms with van der Waals surface area (Å²) in [6, 6.07) is 3.84. The fourth-order valence-corrected chi connectivity index (χ4v) is 6.98. The first-order valence-electron chi connectivity index (χ1n) is 12.5. The first kappa shape index (κ1) is 26.1. The highest BCUT2D eigenvalue weighted by Gasteiger charge is 2.37. The van der Waals surface area contributed by atoms with Crippen molar-refractivity contribution in [2.75, 3.05) is 30.9 Å². The highest BCUT2D eigenvalue weighted by atomic mass is 32.2. The minimum Gasteiger partial charge on any atom is -0.395 e. The lowest BCUT2D eigenvalue weighted by Crippen LogP contribution is -2.33. The fraction of sp³-hybridized carbons (Fsp3) is 0.296. The van der Waals surface area contributed by atoms with Gasteiger partial charge in [0.1, 0.15) is 11.3 Å². The molecule has 0 radical (unpaired) electrons. The lowest BCUT2D eigenvalue weighted by atomic mass is 9.93. The number of H-pyrrole nitrogens is 1. The van der Waals surface area contributed by atoms with Crippen molar-refractivity contribution in [3.8, 4) is 11.1 Å². The molecule has 13 heteroatoms. The number of nitrogens with zero attached hydrogens (tertiary/aromatic N) is 4. The topological polar surface area (TPSA) is 129 Å². The molecule has 0 fully saturated rings. The van der Waals surface area contributed by atoms with Gasteiger partial charge in [-0.05, 0) is 29.7 Å². The predicted molar refractivity (Wildman–Crippen MR) is 144 cm³/mol. The molecule has 2 aliphatic heterocycles. The third-order valence-electron chi connectivity index (χ3n) is 7.62. The SMILES string of the molecule is Cn1cc2c3c(c[nH]c3c1=O)CN(c1ncc(F)cc1F)c1cc3c(cc1-2)[C@H](S(C)(=O)=O)CCN(CCO)C3=O. The van der Waals surface area contributed by atoms with Gasteiger partial charge >= 0.3 is 0 Å². The van der Waals surface area contributed by atoms with Gasteiger partial charge in [-0.2, -0.15) is 0 Å². The summed E-state index contributed by atoms with van der Waals surface area (Å²) in [4.78, 5) is 36.5. The second-order valence-electron chi connectivity index (χ2n) is 10.1. The van der Waals surface area contributed by atoms with Crippen molar-refractivity contribution in [3.05, 3.63) is 75.5 Å². The Kier molecular flexibility index (Phi) is 6.04. The number of hydrogen-bond donors (Lipinski definition) is 2. The second kappa shape index (κ2) is 9.24. The molecule has 1 aromatic carbocycles. The quantitative estimate of drug-likeness (QED) is 0.387. The number of halogens is 2. The zero-order chi connectivity index (χ0) is 28.5. The Hall–Kier alpha value is -4.10. The molecule has 5 heterocycles. The average Bonchev–Trinajstić information content (AvgIpc) is 3.20. The van der Waals surface area contributed by atoms with Gasteiger partial charge < -0.3 is 24.5 Å². The van der Waals surface area contributed by atoms with Crippen molar-refractivity contribution in [1.29, 1.82) is 0 Å². The van der Waals surface area contributed by atoms with E-state index in [9.17, 15) is 27.5 Å². The summed E-state index contributed by atoms with van der Waals surface area (Å²) in [7, 11) is -2.10.